The molecule has 1 aliphatic rings. The molecule has 2 unspecified atom stereocenters. The van der Waals surface area contributed by atoms with Crippen LogP contribution in [0.5, 0.6) is 0 Å². The first-order valence-electron chi connectivity index (χ1n) is 4.80. The monoisotopic (exact) mass is 206 g/mol. The average molecular weight is 206 g/mol. The van der Waals surface area contributed by atoms with Crippen LogP contribution in [0.3, 0.4) is 0 Å². The quantitative estimate of drug-likeness (QED) is 0.436. The number of hydrogen-bond donors (Lipinski definition) is 3. The molecule has 1 aliphatic heterocycles. The lowest BCUT2D eigenvalue weighted by atomic mass is 10.1. The van der Waals surface area contributed by atoms with Gasteiger partial charge in [0.15, 0.2) is 11.1 Å². The normalized spacial score (nSPS) is 25.8. The molecule has 0 aromatic rings. The van der Waals surface area contributed by atoms with Crippen LogP contribution >= 0.6 is 0 Å². The molecule has 0 spiro atoms. The Bertz CT molecular complexity index is 160. The molecular weight excluding hydrogens is 188 g/mol. The van der Waals surface area contributed by atoms with E-state index < -0.39 is 11.1 Å². The Morgan fingerprint density at radius 2 is 2.46 bits per heavy atom. The number of piperidine rings is 1. The second kappa shape index (κ2) is 6.48. The zero-order chi connectivity index (χ0) is 9.52. The maximum absolute atomic E-state index is 10.3. The summed E-state index contributed by atoms with van der Waals surface area (Å²) >= 11 is -1.63. The van der Waals surface area contributed by atoms with Crippen LogP contribution in [0, 0.1) is 0 Å². The van der Waals surface area contributed by atoms with Gasteiger partial charge in [-0.25, -0.2) is 4.21 Å². The van der Waals surface area contributed by atoms with Gasteiger partial charge in [0.05, 0.1) is 5.75 Å². The molecule has 2 atom stereocenters. The first-order chi connectivity index (χ1) is 6.29. The fourth-order valence-corrected chi connectivity index (χ4v) is 1.92. The summed E-state index contributed by atoms with van der Waals surface area (Å²) in [6.45, 7) is 3.00. The highest BCUT2D eigenvalue weighted by Gasteiger charge is 2.10. The van der Waals surface area contributed by atoms with Gasteiger partial charge in [-0.3, -0.25) is 0 Å². The average Bonchev–Trinajstić information content (AvgIpc) is 2.14. The lowest BCUT2D eigenvalue weighted by molar-refractivity contribution is 0.391. The van der Waals surface area contributed by atoms with E-state index in [2.05, 4.69) is 10.6 Å². The third kappa shape index (κ3) is 5.36. The molecule has 0 radical (unpaired) electrons. The van der Waals surface area contributed by atoms with E-state index in [1.165, 1.54) is 12.8 Å². The minimum absolute atomic E-state index is 0.382. The van der Waals surface area contributed by atoms with Crippen LogP contribution in [-0.2, 0) is 11.1 Å². The Kier molecular flexibility index (Phi) is 5.54. The minimum Gasteiger partial charge on any atom is -0.315 e. The van der Waals surface area contributed by atoms with Gasteiger partial charge in [-0.05, 0) is 32.4 Å². The lowest BCUT2D eigenvalue weighted by Gasteiger charge is -2.23. The number of nitrogens with one attached hydrogen (secondary N) is 2. The van der Waals surface area contributed by atoms with Gasteiger partial charge in [-0.2, -0.15) is 0 Å². The molecule has 78 valence electrons. The van der Waals surface area contributed by atoms with Crippen molar-refractivity contribution in [3.05, 3.63) is 0 Å². The van der Waals surface area contributed by atoms with Crippen molar-refractivity contribution in [2.24, 2.45) is 0 Å². The SMILES string of the molecule is O=S(O)CCCNC1CCCNC1. The van der Waals surface area contributed by atoms with Gasteiger partial charge in [-0.15, -0.1) is 0 Å². The van der Waals surface area contributed by atoms with Crippen molar-refractivity contribution >= 4 is 11.1 Å². The third-order valence-electron chi connectivity index (χ3n) is 2.23. The Labute approximate surface area is 81.8 Å². The smallest absolute Gasteiger partial charge is 0.152 e. The molecule has 0 aliphatic carbocycles. The standard InChI is InChI=1S/C8H18N2O2S/c11-13(12)6-2-5-10-8-3-1-4-9-7-8/h8-10H,1-7H2,(H,11,12). The van der Waals surface area contributed by atoms with Gasteiger partial charge in [-0.1, -0.05) is 0 Å². The molecule has 13 heavy (non-hydrogen) atoms. The molecule has 0 bridgehead atoms. The van der Waals surface area contributed by atoms with Gasteiger partial charge in [0.2, 0.25) is 0 Å². The highest BCUT2D eigenvalue weighted by molar-refractivity contribution is 7.79. The van der Waals surface area contributed by atoms with Gasteiger partial charge in [0.1, 0.15) is 0 Å². The summed E-state index contributed by atoms with van der Waals surface area (Å²) in [7, 11) is 0. The van der Waals surface area contributed by atoms with E-state index >= 15 is 0 Å². The zero-order valence-corrected chi connectivity index (χ0v) is 8.61. The minimum atomic E-state index is -1.63. The van der Waals surface area contributed by atoms with Crippen molar-refractivity contribution < 1.29 is 8.76 Å². The van der Waals surface area contributed by atoms with Crippen LogP contribution in [0.2, 0.25) is 0 Å². The Balaban J connectivity index is 1.95. The predicted octanol–water partition coefficient (Wildman–Crippen LogP) is -0.0602. The molecular formula is C8H18N2O2S. The van der Waals surface area contributed by atoms with Gasteiger partial charge >= 0.3 is 0 Å². The van der Waals surface area contributed by atoms with E-state index in [1.807, 2.05) is 0 Å². The molecule has 0 saturated carbocycles. The second-order valence-electron chi connectivity index (χ2n) is 3.38. The summed E-state index contributed by atoms with van der Waals surface area (Å²) in [4.78, 5) is 0. The summed E-state index contributed by atoms with van der Waals surface area (Å²) in [5, 5.41) is 6.68. The van der Waals surface area contributed by atoms with Crippen LogP contribution in [-0.4, -0.2) is 40.2 Å². The zero-order valence-electron chi connectivity index (χ0n) is 7.79. The van der Waals surface area contributed by atoms with Crippen LogP contribution in [0.4, 0.5) is 0 Å². The van der Waals surface area contributed by atoms with Gasteiger partial charge in [0, 0.05) is 12.6 Å². The predicted molar refractivity (Wildman–Crippen MR) is 54.1 cm³/mol. The van der Waals surface area contributed by atoms with E-state index in [0.29, 0.717) is 11.8 Å². The number of rotatable bonds is 5. The molecule has 5 heteroatoms. The van der Waals surface area contributed by atoms with Crippen molar-refractivity contribution in [2.45, 2.75) is 25.3 Å². The molecule has 0 amide bonds. The molecule has 1 heterocycles. The second-order valence-corrected chi connectivity index (χ2v) is 4.43. The van der Waals surface area contributed by atoms with Gasteiger partial charge < -0.3 is 15.2 Å². The first-order valence-corrected chi connectivity index (χ1v) is 6.08. The molecule has 3 N–H and O–H groups in total. The summed E-state index contributed by atoms with van der Waals surface area (Å²) in [6, 6.07) is 0.556. The topological polar surface area (TPSA) is 61.4 Å². The molecule has 4 nitrogen and oxygen atoms in total. The molecule has 0 aromatic heterocycles. The summed E-state index contributed by atoms with van der Waals surface area (Å²) in [5.74, 6) is 0.382. The van der Waals surface area contributed by atoms with Crippen LogP contribution in [0.1, 0.15) is 19.3 Å². The highest BCUT2D eigenvalue weighted by atomic mass is 32.2. The number of hydrogen-bond acceptors (Lipinski definition) is 3. The summed E-state index contributed by atoms with van der Waals surface area (Å²) in [6.07, 6.45) is 3.22. The van der Waals surface area contributed by atoms with E-state index in [4.69, 9.17) is 4.55 Å². The largest absolute Gasteiger partial charge is 0.315 e. The van der Waals surface area contributed by atoms with E-state index in [-0.39, 0.29) is 0 Å². The fourth-order valence-electron chi connectivity index (χ4n) is 1.53. The maximum atomic E-state index is 10.3. The lowest BCUT2D eigenvalue weighted by Crippen LogP contribution is -2.43. The Morgan fingerprint density at radius 3 is 3.08 bits per heavy atom. The van der Waals surface area contributed by atoms with Gasteiger partial charge in [0.25, 0.3) is 0 Å². The van der Waals surface area contributed by atoms with E-state index in [9.17, 15) is 4.21 Å². The third-order valence-corrected chi connectivity index (χ3v) is 2.86. The van der Waals surface area contributed by atoms with Crippen molar-refractivity contribution in [3.63, 3.8) is 0 Å². The Hall–Kier alpha value is 0.0300. The fraction of sp³-hybridized carbons (Fsp3) is 1.00. The molecule has 1 saturated heterocycles. The van der Waals surface area contributed by atoms with E-state index in [1.54, 1.807) is 0 Å². The van der Waals surface area contributed by atoms with Crippen LogP contribution < -0.4 is 10.6 Å². The van der Waals surface area contributed by atoms with Crippen molar-refractivity contribution in [1.82, 2.24) is 10.6 Å². The molecule has 0 aromatic carbocycles. The van der Waals surface area contributed by atoms with Crippen LogP contribution in [0.25, 0.3) is 0 Å². The van der Waals surface area contributed by atoms with E-state index in [0.717, 1.165) is 26.1 Å². The molecule has 1 fully saturated rings. The maximum Gasteiger partial charge on any atom is 0.152 e. The van der Waals surface area contributed by atoms with Crippen LogP contribution in [0.15, 0.2) is 0 Å². The summed E-state index contributed by atoms with van der Waals surface area (Å²) in [5.41, 5.74) is 0. The summed E-state index contributed by atoms with van der Waals surface area (Å²) < 4.78 is 18.8. The molecule has 1 rings (SSSR count). The Morgan fingerprint density at radius 1 is 1.62 bits per heavy atom. The van der Waals surface area contributed by atoms with Crippen molar-refractivity contribution in [2.75, 3.05) is 25.4 Å². The first kappa shape index (κ1) is 11.1. The van der Waals surface area contributed by atoms with Crippen molar-refractivity contribution in [3.8, 4) is 0 Å². The van der Waals surface area contributed by atoms with Crippen molar-refractivity contribution in [1.29, 1.82) is 0 Å². The highest BCUT2D eigenvalue weighted by Crippen LogP contribution is 2.00.